The van der Waals surface area contributed by atoms with E-state index in [9.17, 15) is 0 Å². The van der Waals surface area contributed by atoms with E-state index in [1.165, 1.54) is 0 Å². The van der Waals surface area contributed by atoms with Crippen LogP contribution in [0.3, 0.4) is 0 Å². The van der Waals surface area contributed by atoms with Gasteiger partial charge < -0.3 is 5.11 Å². The highest BCUT2D eigenvalue weighted by Gasteiger charge is 1.69. The predicted octanol–water partition coefficient (Wildman–Crippen LogP) is 0.460. The third kappa shape index (κ3) is 5.63. The van der Waals surface area contributed by atoms with Crippen LogP contribution in [0.5, 0.6) is 0 Å². The molecule has 0 unspecified atom stereocenters. The fourth-order valence-electron chi connectivity index (χ4n) is 0.278. The fourth-order valence-corrected chi connectivity index (χ4v) is 0.278. The van der Waals surface area contributed by atoms with E-state index in [2.05, 4.69) is 4.99 Å². The standard InChI is InChI=1S/C5H11NO/c1-2-3-6-4-5-7/h3,7H,2,4-5H2,1H3/b6-3+. The first-order valence-corrected chi connectivity index (χ1v) is 2.51. The molecule has 0 radical (unpaired) electrons. The van der Waals surface area contributed by atoms with Crippen molar-refractivity contribution in [3.8, 4) is 0 Å². The van der Waals surface area contributed by atoms with Crippen LogP contribution in [0, 0.1) is 0 Å². The molecule has 0 aromatic carbocycles. The molecule has 0 aliphatic rings. The first-order chi connectivity index (χ1) is 3.41. The van der Waals surface area contributed by atoms with Gasteiger partial charge >= 0.3 is 0 Å². The zero-order valence-corrected chi connectivity index (χ0v) is 4.59. The lowest BCUT2D eigenvalue weighted by atomic mass is 10.5. The van der Waals surface area contributed by atoms with Crippen molar-refractivity contribution in [3.63, 3.8) is 0 Å². The maximum Gasteiger partial charge on any atom is 0.0626 e. The Morgan fingerprint density at radius 1 is 1.71 bits per heavy atom. The molecule has 7 heavy (non-hydrogen) atoms. The maximum absolute atomic E-state index is 8.18. The van der Waals surface area contributed by atoms with E-state index in [0.717, 1.165) is 6.42 Å². The van der Waals surface area contributed by atoms with Gasteiger partial charge in [-0.2, -0.15) is 0 Å². The van der Waals surface area contributed by atoms with Crippen molar-refractivity contribution in [3.05, 3.63) is 0 Å². The van der Waals surface area contributed by atoms with E-state index in [-0.39, 0.29) is 6.61 Å². The van der Waals surface area contributed by atoms with Gasteiger partial charge in [-0.05, 0) is 12.6 Å². The van der Waals surface area contributed by atoms with Crippen molar-refractivity contribution in [2.24, 2.45) is 4.99 Å². The van der Waals surface area contributed by atoms with Crippen LogP contribution in [0.15, 0.2) is 4.99 Å². The van der Waals surface area contributed by atoms with Crippen LogP contribution in [0.4, 0.5) is 0 Å². The SMILES string of the molecule is CC/C=N/CCO. The van der Waals surface area contributed by atoms with Gasteiger partial charge in [0.25, 0.3) is 0 Å². The Kier molecular flexibility index (Phi) is 5.33. The summed E-state index contributed by atoms with van der Waals surface area (Å²) < 4.78 is 0. The molecule has 42 valence electrons. The first kappa shape index (κ1) is 6.63. The largest absolute Gasteiger partial charge is 0.394 e. The lowest BCUT2D eigenvalue weighted by molar-refractivity contribution is 0.307. The molecule has 0 atom stereocenters. The van der Waals surface area contributed by atoms with Crippen LogP contribution >= 0.6 is 0 Å². The zero-order valence-electron chi connectivity index (χ0n) is 4.59. The van der Waals surface area contributed by atoms with Crippen LogP contribution in [0.1, 0.15) is 13.3 Å². The van der Waals surface area contributed by atoms with Crippen LogP contribution in [-0.4, -0.2) is 24.5 Å². The van der Waals surface area contributed by atoms with Crippen molar-refractivity contribution in [2.75, 3.05) is 13.2 Å². The summed E-state index contributed by atoms with van der Waals surface area (Å²) in [4.78, 5) is 3.83. The van der Waals surface area contributed by atoms with E-state index >= 15 is 0 Å². The zero-order chi connectivity index (χ0) is 5.54. The number of hydrogen-bond donors (Lipinski definition) is 1. The summed E-state index contributed by atoms with van der Waals surface area (Å²) in [5, 5.41) is 8.18. The van der Waals surface area contributed by atoms with Gasteiger partial charge in [-0.15, -0.1) is 0 Å². The molecule has 0 rings (SSSR count). The van der Waals surface area contributed by atoms with E-state index < -0.39 is 0 Å². The van der Waals surface area contributed by atoms with Crippen molar-refractivity contribution in [1.29, 1.82) is 0 Å². The molecule has 0 saturated heterocycles. The molecular formula is C5H11NO. The lowest BCUT2D eigenvalue weighted by Gasteiger charge is -1.80. The number of aliphatic imine (C=N–C) groups is 1. The molecular weight excluding hydrogens is 90.1 g/mol. The monoisotopic (exact) mass is 101 g/mol. The number of rotatable bonds is 3. The van der Waals surface area contributed by atoms with E-state index in [4.69, 9.17) is 5.11 Å². The molecule has 2 heteroatoms. The number of hydrogen-bond acceptors (Lipinski definition) is 2. The third-order valence-corrected chi connectivity index (χ3v) is 0.541. The van der Waals surface area contributed by atoms with Gasteiger partial charge in [0.05, 0.1) is 13.2 Å². The Morgan fingerprint density at radius 2 is 2.43 bits per heavy atom. The average molecular weight is 101 g/mol. The molecule has 0 aliphatic heterocycles. The maximum atomic E-state index is 8.18. The molecule has 0 amide bonds. The lowest BCUT2D eigenvalue weighted by Crippen LogP contribution is -1.86. The summed E-state index contributed by atoms with van der Waals surface area (Å²) in [7, 11) is 0. The predicted molar refractivity (Wildman–Crippen MR) is 30.7 cm³/mol. The van der Waals surface area contributed by atoms with Crippen molar-refractivity contribution >= 4 is 6.21 Å². The summed E-state index contributed by atoms with van der Waals surface area (Å²) in [5.41, 5.74) is 0. The molecule has 0 saturated carbocycles. The molecule has 0 bridgehead atoms. The second kappa shape index (κ2) is 5.63. The quantitative estimate of drug-likeness (QED) is 0.515. The summed E-state index contributed by atoms with van der Waals surface area (Å²) in [6, 6.07) is 0. The smallest absolute Gasteiger partial charge is 0.0626 e. The minimum absolute atomic E-state index is 0.163. The van der Waals surface area contributed by atoms with Gasteiger partial charge in [0.15, 0.2) is 0 Å². The fraction of sp³-hybridized carbons (Fsp3) is 0.800. The Hall–Kier alpha value is -0.370. The first-order valence-electron chi connectivity index (χ1n) is 2.51. The number of aliphatic hydroxyl groups is 1. The summed E-state index contributed by atoms with van der Waals surface area (Å²) in [6.45, 7) is 2.73. The van der Waals surface area contributed by atoms with E-state index in [0.29, 0.717) is 6.54 Å². The molecule has 0 aromatic heterocycles. The third-order valence-electron chi connectivity index (χ3n) is 0.541. The Labute approximate surface area is 43.9 Å². The summed E-state index contributed by atoms with van der Waals surface area (Å²) >= 11 is 0. The second-order valence-corrected chi connectivity index (χ2v) is 1.22. The normalized spacial score (nSPS) is 10.6. The van der Waals surface area contributed by atoms with Crippen LogP contribution < -0.4 is 0 Å². The molecule has 2 nitrogen and oxygen atoms in total. The van der Waals surface area contributed by atoms with Gasteiger partial charge in [-0.3, -0.25) is 4.99 Å². The van der Waals surface area contributed by atoms with Crippen molar-refractivity contribution in [2.45, 2.75) is 13.3 Å². The van der Waals surface area contributed by atoms with Gasteiger partial charge in [0.1, 0.15) is 0 Å². The van der Waals surface area contributed by atoms with Gasteiger partial charge in [-0.25, -0.2) is 0 Å². The summed E-state index contributed by atoms with van der Waals surface area (Å²) in [5.74, 6) is 0. The van der Waals surface area contributed by atoms with E-state index in [1.807, 2.05) is 6.92 Å². The summed E-state index contributed by atoms with van der Waals surface area (Å²) in [6.07, 6.45) is 2.76. The molecule has 1 N–H and O–H groups in total. The van der Waals surface area contributed by atoms with Crippen LogP contribution in [-0.2, 0) is 0 Å². The van der Waals surface area contributed by atoms with Crippen LogP contribution in [0.25, 0.3) is 0 Å². The minimum Gasteiger partial charge on any atom is -0.394 e. The Balaban J connectivity index is 2.78. The Bertz CT molecular complexity index is 52.0. The molecule has 0 aromatic rings. The minimum atomic E-state index is 0.163. The van der Waals surface area contributed by atoms with E-state index in [1.54, 1.807) is 6.21 Å². The molecule has 0 fully saturated rings. The van der Waals surface area contributed by atoms with Gasteiger partial charge in [-0.1, -0.05) is 6.92 Å². The topological polar surface area (TPSA) is 32.6 Å². The number of nitrogens with zero attached hydrogens (tertiary/aromatic N) is 1. The molecule has 0 spiro atoms. The molecule has 0 heterocycles. The van der Waals surface area contributed by atoms with Gasteiger partial charge in [0, 0.05) is 0 Å². The van der Waals surface area contributed by atoms with Gasteiger partial charge in [0.2, 0.25) is 0 Å². The average Bonchev–Trinajstić information content (AvgIpc) is 1.69. The highest BCUT2D eigenvalue weighted by atomic mass is 16.3. The van der Waals surface area contributed by atoms with Crippen molar-refractivity contribution in [1.82, 2.24) is 0 Å². The number of aliphatic hydroxyl groups excluding tert-OH is 1. The highest BCUT2D eigenvalue weighted by Crippen LogP contribution is 1.68. The highest BCUT2D eigenvalue weighted by molar-refractivity contribution is 5.56. The van der Waals surface area contributed by atoms with Crippen LogP contribution in [0.2, 0.25) is 0 Å². The Morgan fingerprint density at radius 3 is 2.86 bits per heavy atom. The molecule has 0 aliphatic carbocycles. The second-order valence-electron chi connectivity index (χ2n) is 1.22. The van der Waals surface area contributed by atoms with Crippen molar-refractivity contribution < 1.29 is 5.11 Å².